The monoisotopic (exact) mass is 340 g/mol. The van der Waals surface area contributed by atoms with Crippen molar-refractivity contribution < 1.29 is 22.6 Å². The Morgan fingerprint density at radius 3 is 2.53 bits per heavy atom. The summed E-state index contributed by atoms with van der Waals surface area (Å²) in [7, 11) is 1.55. The highest BCUT2D eigenvalue weighted by Gasteiger charge is 2.26. The summed E-state index contributed by atoms with van der Waals surface area (Å²) in [5, 5.41) is 0.499. The fourth-order valence-corrected chi connectivity index (χ4v) is 2.18. The Morgan fingerprint density at radius 1 is 1.26 bits per heavy atom. The van der Waals surface area contributed by atoms with Crippen molar-refractivity contribution in [3.8, 4) is 5.75 Å². The van der Waals surface area contributed by atoms with E-state index in [1.54, 1.807) is 13.2 Å². The van der Waals surface area contributed by atoms with E-state index in [0.717, 1.165) is 5.56 Å². The van der Waals surface area contributed by atoms with E-state index in [9.17, 15) is 13.2 Å². The quantitative estimate of drug-likeness (QED) is 0.537. The van der Waals surface area contributed by atoms with Crippen molar-refractivity contribution in [2.75, 3.05) is 19.0 Å². The van der Waals surface area contributed by atoms with Crippen LogP contribution in [0, 0.1) is 0 Å². The molecule has 1 atom stereocenters. The molecule has 0 N–H and O–H groups in total. The molecule has 0 aliphatic rings. The molecule has 1 unspecified atom stereocenters. The number of methoxy groups -OCH3 is 1. The van der Waals surface area contributed by atoms with Crippen molar-refractivity contribution in [3.05, 3.63) is 29.8 Å². The number of hydrogen-bond acceptors (Lipinski definition) is 2. The van der Waals surface area contributed by atoms with Crippen LogP contribution in [0.4, 0.5) is 13.2 Å². The molecule has 0 saturated carbocycles. The van der Waals surface area contributed by atoms with E-state index >= 15 is 0 Å². The van der Waals surface area contributed by atoms with Gasteiger partial charge in [0.2, 0.25) is 0 Å². The molecule has 0 amide bonds. The maximum Gasteiger partial charge on any atom is 0.389 e. The average molecular weight is 341 g/mol. The van der Waals surface area contributed by atoms with E-state index in [2.05, 4.69) is 15.9 Å². The molecule has 0 saturated heterocycles. The molecule has 1 rings (SSSR count). The third-order valence-corrected chi connectivity index (χ3v) is 3.14. The maximum atomic E-state index is 12.0. The Balaban J connectivity index is 2.54. The molecule has 0 bridgehead atoms. The number of para-hydroxylation sites is 1. The number of hydrogen-bond donors (Lipinski definition) is 0. The molecular weight excluding hydrogens is 325 g/mol. The predicted octanol–water partition coefficient (Wildman–Crippen LogP) is 4.49. The number of halogens is 4. The largest absolute Gasteiger partial charge is 0.496 e. The number of rotatable bonds is 7. The minimum absolute atomic E-state index is 0.0395. The van der Waals surface area contributed by atoms with E-state index in [1.165, 1.54) is 0 Å². The third-order valence-electron chi connectivity index (χ3n) is 2.55. The Morgan fingerprint density at radius 2 is 1.95 bits per heavy atom. The van der Waals surface area contributed by atoms with Crippen LogP contribution >= 0.6 is 15.9 Å². The van der Waals surface area contributed by atoms with Crippen LogP contribution in [-0.4, -0.2) is 25.2 Å². The van der Waals surface area contributed by atoms with Gasteiger partial charge in [-0.2, -0.15) is 13.2 Å². The van der Waals surface area contributed by atoms with Gasteiger partial charge in [0.05, 0.1) is 13.2 Å². The zero-order chi connectivity index (χ0) is 14.3. The van der Waals surface area contributed by atoms with Crippen LogP contribution in [0.2, 0.25) is 0 Å². The zero-order valence-electron chi connectivity index (χ0n) is 10.5. The normalized spacial score (nSPS) is 13.3. The standard InChI is InChI=1S/C13H16BrF3O2/c1-18-11-6-3-2-5-10(11)12(9-14)19-8-4-7-13(15,16)17/h2-3,5-6,12H,4,7-9H2,1H3. The zero-order valence-corrected chi connectivity index (χ0v) is 12.1. The molecule has 0 heterocycles. The Labute approximate surface area is 119 Å². The third kappa shape index (κ3) is 5.82. The minimum atomic E-state index is -4.13. The van der Waals surface area contributed by atoms with Gasteiger partial charge in [0.1, 0.15) is 5.75 Å². The van der Waals surface area contributed by atoms with Crippen molar-refractivity contribution in [2.45, 2.75) is 25.1 Å². The highest BCUT2D eigenvalue weighted by molar-refractivity contribution is 9.09. The Kier molecular flexibility index (Phi) is 6.65. The molecule has 19 heavy (non-hydrogen) atoms. The lowest BCUT2D eigenvalue weighted by molar-refractivity contribution is -0.138. The molecule has 6 heteroatoms. The minimum Gasteiger partial charge on any atom is -0.496 e. The van der Waals surface area contributed by atoms with Crippen LogP contribution in [0.5, 0.6) is 5.75 Å². The second kappa shape index (κ2) is 7.75. The van der Waals surface area contributed by atoms with E-state index in [4.69, 9.17) is 9.47 Å². The first-order valence-electron chi connectivity index (χ1n) is 5.85. The second-order valence-corrected chi connectivity index (χ2v) is 4.62. The van der Waals surface area contributed by atoms with Gasteiger partial charge < -0.3 is 9.47 Å². The molecule has 0 spiro atoms. The van der Waals surface area contributed by atoms with Crippen molar-refractivity contribution in [3.63, 3.8) is 0 Å². The van der Waals surface area contributed by atoms with Gasteiger partial charge in [-0.25, -0.2) is 0 Å². The van der Waals surface area contributed by atoms with Crippen LogP contribution in [0.15, 0.2) is 24.3 Å². The van der Waals surface area contributed by atoms with Gasteiger partial charge in [0.15, 0.2) is 0 Å². The highest BCUT2D eigenvalue weighted by Crippen LogP contribution is 2.29. The smallest absolute Gasteiger partial charge is 0.389 e. The summed E-state index contributed by atoms with van der Waals surface area (Å²) in [5.41, 5.74) is 0.828. The molecular formula is C13H16BrF3O2. The molecule has 2 nitrogen and oxygen atoms in total. The van der Waals surface area contributed by atoms with Gasteiger partial charge in [0, 0.05) is 23.9 Å². The lowest BCUT2D eigenvalue weighted by Gasteiger charge is -2.18. The van der Waals surface area contributed by atoms with Gasteiger partial charge in [-0.15, -0.1) is 0 Å². The maximum absolute atomic E-state index is 12.0. The summed E-state index contributed by atoms with van der Waals surface area (Å²) >= 11 is 3.30. The fourth-order valence-electron chi connectivity index (χ4n) is 1.65. The molecule has 108 valence electrons. The molecule has 0 aliphatic heterocycles. The first kappa shape index (κ1) is 16.3. The van der Waals surface area contributed by atoms with Gasteiger partial charge in [-0.1, -0.05) is 34.1 Å². The summed E-state index contributed by atoms with van der Waals surface area (Å²) in [6, 6.07) is 7.31. The van der Waals surface area contributed by atoms with Crippen molar-refractivity contribution in [1.29, 1.82) is 0 Å². The first-order chi connectivity index (χ1) is 8.98. The van der Waals surface area contributed by atoms with Crippen molar-refractivity contribution in [1.82, 2.24) is 0 Å². The van der Waals surface area contributed by atoms with Crippen LogP contribution < -0.4 is 4.74 Å². The van der Waals surface area contributed by atoms with E-state index in [-0.39, 0.29) is 19.1 Å². The van der Waals surface area contributed by atoms with Gasteiger partial charge in [-0.05, 0) is 12.5 Å². The van der Waals surface area contributed by atoms with Crippen molar-refractivity contribution >= 4 is 15.9 Å². The molecule has 0 fully saturated rings. The Bertz CT molecular complexity index is 382. The SMILES string of the molecule is COc1ccccc1C(CBr)OCCCC(F)(F)F. The van der Waals surface area contributed by atoms with Gasteiger partial charge in [-0.3, -0.25) is 0 Å². The molecule has 0 radical (unpaired) electrons. The average Bonchev–Trinajstić information content (AvgIpc) is 2.38. The predicted molar refractivity (Wildman–Crippen MR) is 70.8 cm³/mol. The summed E-state index contributed by atoms with van der Waals surface area (Å²) in [5.74, 6) is 0.669. The number of benzene rings is 1. The Hall–Kier alpha value is -0.750. The van der Waals surface area contributed by atoms with Gasteiger partial charge >= 0.3 is 6.18 Å². The lowest BCUT2D eigenvalue weighted by atomic mass is 10.1. The lowest BCUT2D eigenvalue weighted by Crippen LogP contribution is -2.12. The summed E-state index contributed by atoms with van der Waals surface area (Å²) in [6.45, 7) is 0.0633. The van der Waals surface area contributed by atoms with E-state index in [1.807, 2.05) is 18.2 Å². The highest BCUT2D eigenvalue weighted by atomic mass is 79.9. The summed E-state index contributed by atoms with van der Waals surface area (Å²) in [4.78, 5) is 0. The van der Waals surface area contributed by atoms with Gasteiger partial charge in [0.25, 0.3) is 0 Å². The molecule has 0 aliphatic carbocycles. The second-order valence-electron chi connectivity index (χ2n) is 3.97. The van der Waals surface area contributed by atoms with Crippen LogP contribution in [0.3, 0.4) is 0 Å². The molecule has 1 aromatic rings. The number of alkyl halides is 4. The molecule has 1 aromatic carbocycles. The van der Waals surface area contributed by atoms with Crippen LogP contribution in [0.1, 0.15) is 24.5 Å². The van der Waals surface area contributed by atoms with Crippen molar-refractivity contribution in [2.24, 2.45) is 0 Å². The van der Waals surface area contributed by atoms with Crippen LogP contribution in [0.25, 0.3) is 0 Å². The first-order valence-corrected chi connectivity index (χ1v) is 6.97. The van der Waals surface area contributed by atoms with E-state index < -0.39 is 12.6 Å². The van der Waals surface area contributed by atoms with Crippen LogP contribution in [-0.2, 0) is 4.74 Å². The topological polar surface area (TPSA) is 18.5 Å². The fraction of sp³-hybridized carbons (Fsp3) is 0.538. The summed E-state index contributed by atoms with van der Waals surface area (Å²) in [6.07, 6.45) is -5.31. The van der Waals surface area contributed by atoms with E-state index in [0.29, 0.717) is 11.1 Å². The number of ether oxygens (including phenoxy) is 2. The molecule has 0 aromatic heterocycles. The summed E-state index contributed by atoms with van der Waals surface area (Å²) < 4.78 is 46.8.